The smallest absolute Gasteiger partial charge is 0.257 e. The summed E-state index contributed by atoms with van der Waals surface area (Å²) in [6.45, 7) is 1.53. The monoisotopic (exact) mass is 278 g/mol. The third-order valence-electron chi connectivity index (χ3n) is 3.25. The Labute approximate surface area is 119 Å². The fraction of sp³-hybridized carbons (Fsp3) is 0.533. The molecule has 5 nitrogen and oxygen atoms in total. The summed E-state index contributed by atoms with van der Waals surface area (Å²) in [6, 6.07) is 5.71. The van der Waals surface area contributed by atoms with Crippen molar-refractivity contribution in [2.45, 2.75) is 19.4 Å². The van der Waals surface area contributed by atoms with Crippen LogP contribution in [0.4, 0.5) is 0 Å². The Balaban J connectivity index is 1.88. The first-order valence-corrected chi connectivity index (χ1v) is 6.94. The molecule has 0 aliphatic heterocycles. The van der Waals surface area contributed by atoms with Crippen molar-refractivity contribution in [2.75, 3.05) is 27.3 Å². The molecule has 0 unspecified atom stereocenters. The molecule has 0 radical (unpaired) electrons. The first-order chi connectivity index (χ1) is 9.72. The largest absolute Gasteiger partial charge is 0.493 e. The van der Waals surface area contributed by atoms with Crippen LogP contribution in [0.3, 0.4) is 0 Å². The summed E-state index contributed by atoms with van der Waals surface area (Å²) in [4.78, 5) is 11.7. The minimum atomic E-state index is -0.0852. The third kappa shape index (κ3) is 4.42. The van der Waals surface area contributed by atoms with Gasteiger partial charge in [0.15, 0.2) is 18.1 Å². The molecule has 0 aromatic heterocycles. The number of carbonyl (C=O) groups is 1. The number of hydrogen-bond acceptors (Lipinski definition) is 4. The number of rotatable bonds is 8. The molecule has 0 spiro atoms. The van der Waals surface area contributed by atoms with Crippen LogP contribution in [0.2, 0.25) is 0 Å². The molecule has 0 saturated heterocycles. The van der Waals surface area contributed by atoms with Crippen LogP contribution in [0.15, 0.2) is 18.2 Å². The number of amides is 1. The summed E-state index contributed by atoms with van der Waals surface area (Å²) in [5.41, 5.74) is 1.08. The molecule has 1 fully saturated rings. The van der Waals surface area contributed by atoms with Gasteiger partial charge in [0.25, 0.3) is 5.91 Å². The maximum absolute atomic E-state index is 11.7. The molecular formula is C15H22N2O3. The predicted octanol–water partition coefficient (Wildman–Crippen LogP) is 1.32. The molecule has 1 aliphatic carbocycles. The molecule has 1 saturated carbocycles. The van der Waals surface area contributed by atoms with Crippen LogP contribution < -0.4 is 20.1 Å². The molecule has 2 rings (SSSR count). The molecule has 1 amide bonds. The van der Waals surface area contributed by atoms with Crippen molar-refractivity contribution >= 4 is 5.91 Å². The van der Waals surface area contributed by atoms with Gasteiger partial charge in [0.2, 0.25) is 0 Å². The van der Waals surface area contributed by atoms with Crippen LogP contribution in [0.25, 0.3) is 0 Å². The summed E-state index contributed by atoms with van der Waals surface area (Å²) in [5.74, 6) is 1.83. The van der Waals surface area contributed by atoms with Gasteiger partial charge in [-0.05, 0) is 43.5 Å². The normalized spacial score (nSPS) is 13.9. The van der Waals surface area contributed by atoms with Crippen molar-refractivity contribution in [1.82, 2.24) is 10.6 Å². The number of ether oxygens (including phenoxy) is 2. The summed E-state index contributed by atoms with van der Waals surface area (Å²) in [7, 11) is 3.48. The average Bonchev–Trinajstić information content (AvgIpc) is 3.27. The van der Waals surface area contributed by atoms with Crippen molar-refractivity contribution in [3.05, 3.63) is 23.8 Å². The molecule has 1 aliphatic rings. The van der Waals surface area contributed by atoms with Gasteiger partial charge < -0.3 is 20.1 Å². The van der Waals surface area contributed by atoms with Gasteiger partial charge in [0.1, 0.15) is 0 Å². The van der Waals surface area contributed by atoms with Crippen molar-refractivity contribution in [3.8, 4) is 11.5 Å². The van der Waals surface area contributed by atoms with Crippen LogP contribution in [0.5, 0.6) is 11.5 Å². The van der Waals surface area contributed by atoms with E-state index in [1.807, 2.05) is 25.2 Å². The van der Waals surface area contributed by atoms with E-state index in [4.69, 9.17) is 9.47 Å². The lowest BCUT2D eigenvalue weighted by Gasteiger charge is -2.12. The van der Waals surface area contributed by atoms with E-state index in [-0.39, 0.29) is 12.5 Å². The van der Waals surface area contributed by atoms with Crippen LogP contribution in [-0.2, 0) is 11.3 Å². The Morgan fingerprint density at radius 1 is 1.35 bits per heavy atom. The molecule has 1 aromatic rings. The highest BCUT2D eigenvalue weighted by Gasteiger charge is 2.21. The Kier molecular flexibility index (Phi) is 5.24. The van der Waals surface area contributed by atoms with Crippen LogP contribution >= 0.6 is 0 Å². The number of benzene rings is 1. The predicted molar refractivity (Wildman–Crippen MR) is 77.0 cm³/mol. The van der Waals surface area contributed by atoms with Crippen LogP contribution in [-0.4, -0.2) is 33.2 Å². The van der Waals surface area contributed by atoms with E-state index in [2.05, 4.69) is 10.6 Å². The minimum Gasteiger partial charge on any atom is -0.493 e. The Morgan fingerprint density at radius 3 is 2.80 bits per heavy atom. The Hall–Kier alpha value is -1.75. The van der Waals surface area contributed by atoms with Crippen molar-refractivity contribution in [1.29, 1.82) is 0 Å². The van der Waals surface area contributed by atoms with Crippen molar-refractivity contribution in [3.63, 3.8) is 0 Å². The van der Waals surface area contributed by atoms with Gasteiger partial charge in [0, 0.05) is 13.1 Å². The van der Waals surface area contributed by atoms with Gasteiger partial charge in [-0.15, -0.1) is 0 Å². The maximum atomic E-state index is 11.7. The van der Waals surface area contributed by atoms with Gasteiger partial charge in [0.05, 0.1) is 7.11 Å². The Morgan fingerprint density at radius 2 is 2.15 bits per heavy atom. The SMILES string of the molecule is CNCc1ccc(OC)c(OCC(=O)NCC2CC2)c1. The zero-order valence-electron chi connectivity index (χ0n) is 12.1. The van der Waals surface area contributed by atoms with E-state index in [1.54, 1.807) is 7.11 Å². The lowest BCUT2D eigenvalue weighted by Crippen LogP contribution is -2.30. The van der Waals surface area contributed by atoms with E-state index in [0.717, 1.165) is 18.7 Å². The molecular weight excluding hydrogens is 256 g/mol. The first-order valence-electron chi connectivity index (χ1n) is 6.94. The summed E-state index contributed by atoms with van der Waals surface area (Å²) in [6.07, 6.45) is 2.45. The number of methoxy groups -OCH3 is 1. The summed E-state index contributed by atoms with van der Waals surface area (Å²) in [5, 5.41) is 5.95. The fourth-order valence-corrected chi connectivity index (χ4v) is 1.92. The quantitative estimate of drug-likeness (QED) is 0.753. The van der Waals surface area contributed by atoms with Crippen LogP contribution in [0, 0.1) is 5.92 Å². The zero-order valence-corrected chi connectivity index (χ0v) is 12.1. The van der Waals surface area contributed by atoms with E-state index in [0.29, 0.717) is 17.4 Å². The number of hydrogen-bond donors (Lipinski definition) is 2. The standard InChI is InChI=1S/C15H22N2O3/c1-16-8-12-5-6-13(19-2)14(7-12)20-10-15(18)17-9-11-3-4-11/h5-7,11,16H,3-4,8-10H2,1-2H3,(H,17,18). The van der Waals surface area contributed by atoms with Crippen molar-refractivity contribution < 1.29 is 14.3 Å². The molecule has 110 valence electrons. The lowest BCUT2D eigenvalue weighted by molar-refractivity contribution is -0.123. The van der Waals surface area contributed by atoms with Crippen LogP contribution in [0.1, 0.15) is 18.4 Å². The Bertz CT molecular complexity index is 458. The highest BCUT2D eigenvalue weighted by Crippen LogP contribution is 2.28. The second-order valence-electron chi connectivity index (χ2n) is 5.05. The molecule has 1 aromatic carbocycles. The third-order valence-corrected chi connectivity index (χ3v) is 3.25. The van der Waals surface area contributed by atoms with E-state index < -0.39 is 0 Å². The van der Waals surface area contributed by atoms with Gasteiger partial charge >= 0.3 is 0 Å². The average molecular weight is 278 g/mol. The van der Waals surface area contributed by atoms with Gasteiger partial charge in [-0.2, -0.15) is 0 Å². The van der Waals surface area contributed by atoms with E-state index >= 15 is 0 Å². The summed E-state index contributed by atoms with van der Waals surface area (Å²) < 4.78 is 10.8. The fourth-order valence-electron chi connectivity index (χ4n) is 1.92. The highest BCUT2D eigenvalue weighted by atomic mass is 16.5. The van der Waals surface area contributed by atoms with Gasteiger partial charge in [-0.25, -0.2) is 0 Å². The highest BCUT2D eigenvalue weighted by molar-refractivity contribution is 5.77. The summed E-state index contributed by atoms with van der Waals surface area (Å²) >= 11 is 0. The number of carbonyl (C=O) groups excluding carboxylic acids is 1. The molecule has 5 heteroatoms. The molecule has 0 bridgehead atoms. The topological polar surface area (TPSA) is 59.6 Å². The number of nitrogens with one attached hydrogen (secondary N) is 2. The molecule has 0 atom stereocenters. The molecule has 20 heavy (non-hydrogen) atoms. The second kappa shape index (κ2) is 7.14. The molecule has 0 heterocycles. The maximum Gasteiger partial charge on any atom is 0.257 e. The lowest BCUT2D eigenvalue weighted by atomic mass is 10.2. The van der Waals surface area contributed by atoms with E-state index in [1.165, 1.54) is 12.8 Å². The second-order valence-corrected chi connectivity index (χ2v) is 5.05. The molecule has 2 N–H and O–H groups in total. The minimum absolute atomic E-state index is 0.0199. The first kappa shape index (κ1) is 14.7. The van der Waals surface area contributed by atoms with Gasteiger partial charge in [-0.3, -0.25) is 4.79 Å². The zero-order chi connectivity index (χ0) is 14.4. The van der Waals surface area contributed by atoms with E-state index in [9.17, 15) is 4.79 Å². The van der Waals surface area contributed by atoms with Crippen molar-refractivity contribution in [2.24, 2.45) is 5.92 Å². The van der Waals surface area contributed by atoms with Gasteiger partial charge in [-0.1, -0.05) is 6.07 Å².